The predicted octanol–water partition coefficient (Wildman–Crippen LogP) is 3.28. The summed E-state index contributed by atoms with van der Waals surface area (Å²) in [4.78, 5) is 11.1. The van der Waals surface area contributed by atoms with Crippen LogP contribution >= 0.6 is 34.7 Å². The Morgan fingerprint density at radius 1 is 1.58 bits per heavy atom. The highest BCUT2D eigenvalue weighted by Gasteiger charge is 1.98. The molecule has 0 aliphatic heterocycles. The third-order valence-corrected chi connectivity index (χ3v) is 3.83. The average Bonchev–Trinajstić information content (AvgIpc) is 2.53. The van der Waals surface area contributed by atoms with E-state index in [1.165, 1.54) is 15.5 Å². The summed E-state index contributed by atoms with van der Waals surface area (Å²) in [5.41, 5.74) is 0. The van der Waals surface area contributed by atoms with Crippen molar-refractivity contribution in [1.82, 2.24) is 0 Å². The van der Waals surface area contributed by atoms with Crippen molar-refractivity contribution < 1.29 is 4.79 Å². The first-order valence-electron chi connectivity index (χ1n) is 3.60. The number of aldehydes is 1. The lowest BCUT2D eigenvalue weighted by molar-refractivity contribution is 0.112. The predicted molar refractivity (Wildman–Crippen MR) is 55.8 cm³/mol. The first kappa shape index (κ1) is 10.1. The molecule has 66 valence electrons. The minimum Gasteiger partial charge on any atom is -0.297 e. The van der Waals surface area contributed by atoms with Crippen LogP contribution in [-0.4, -0.2) is 17.9 Å². The summed E-state index contributed by atoms with van der Waals surface area (Å²) in [5.74, 6) is 1.74. The molecule has 1 nitrogen and oxygen atoms in total. The molecule has 0 fully saturated rings. The smallest absolute Gasteiger partial charge is 0.160 e. The van der Waals surface area contributed by atoms with Gasteiger partial charge in [-0.3, -0.25) is 4.79 Å². The zero-order chi connectivity index (χ0) is 8.81. The Bertz CT molecular complexity index is 247. The maximum atomic E-state index is 10.3. The topological polar surface area (TPSA) is 17.1 Å². The van der Waals surface area contributed by atoms with Crippen molar-refractivity contribution in [3.63, 3.8) is 0 Å². The maximum Gasteiger partial charge on any atom is 0.160 e. The average molecular weight is 221 g/mol. The molecule has 1 aromatic rings. The Labute approximate surface area is 85.1 Å². The van der Waals surface area contributed by atoms with E-state index in [2.05, 4.69) is 0 Å². The largest absolute Gasteiger partial charge is 0.297 e. The third-order valence-electron chi connectivity index (χ3n) is 1.24. The number of thiophene rings is 1. The lowest BCUT2D eigenvalue weighted by Crippen LogP contribution is -1.77. The van der Waals surface area contributed by atoms with E-state index < -0.39 is 0 Å². The fourth-order valence-electron chi connectivity index (χ4n) is 0.703. The lowest BCUT2D eigenvalue weighted by atomic mass is 10.5. The fourth-order valence-corrected chi connectivity index (χ4v) is 2.98. The Morgan fingerprint density at radius 3 is 3.00 bits per heavy atom. The van der Waals surface area contributed by atoms with E-state index in [4.69, 9.17) is 11.6 Å². The van der Waals surface area contributed by atoms with Gasteiger partial charge in [-0.25, -0.2) is 0 Å². The third kappa shape index (κ3) is 3.17. The van der Waals surface area contributed by atoms with Gasteiger partial charge in [-0.2, -0.15) is 0 Å². The van der Waals surface area contributed by atoms with Crippen LogP contribution in [-0.2, 0) is 0 Å². The Balaban J connectivity index is 2.36. The summed E-state index contributed by atoms with van der Waals surface area (Å²) in [5, 5.41) is 0. The minimum absolute atomic E-state index is 0.707. The standard InChI is InChI=1S/C8H9ClOS2/c9-4-1-5-11-8-3-2-7(6-10)12-8/h2-3,6H,1,4-5H2. The molecule has 0 radical (unpaired) electrons. The Hall–Kier alpha value is 0.01000. The summed E-state index contributed by atoms with van der Waals surface area (Å²) >= 11 is 8.83. The second kappa shape index (κ2) is 5.62. The van der Waals surface area contributed by atoms with Gasteiger partial charge in [-0.15, -0.1) is 34.7 Å². The number of alkyl halides is 1. The van der Waals surface area contributed by atoms with Crippen LogP contribution in [0.15, 0.2) is 16.3 Å². The zero-order valence-electron chi connectivity index (χ0n) is 6.46. The quantitative estimate of drug-likeness (QED) is 0.328. The molecule has 0 amide bonds. The van der Waals surface area contributed by atoms with Crippen molar-refractivity contribution in [3.8, 4) is 0 Å². The van der Waals surface area contributed by atoms with Crippen molar-refractivity contribution >= 4 is 41.0 Å². The summed E-state index contributed by atoms with van der Waals surface area (Å²) in [6.07, 6.45) is 1.90. The second-order valence-corrected chi connectivity index (χ2v) is 5.05. The molecule has 0 atom stereocenters. The van der Waals surface area contributed by atoms with Crippen molar-refractivity contribution in [1.29, 1.82) is 0 Å². The first-order valence-corrected chi connectivity index (χ1v) is 5.94. The molecule has 0 saturated heterocycles. The Morgan fingerprint density at radius 2 is 2.42 bits per heavy atom. The van der Waals surface area contributed by atoms with Gasteiger partial charge in [-0.05, 0) is 24.3 Å². The molecule has 0 spiro atoms. The van der Waals surface area contributed by atoms with Crippen LogP contribution in [0.25, 0.3) is 0 Å². The molecule has 0 unspecified atom stereocenters. The van der Waals surface area contributed by atoms with Crippen LogP contribution in [0.4, 0.5) is 0 Å². The van der Waals surface area contributed by atoms with E-state index in [0.717, 1.165) is 23.3 Å². The number of hydrogen-bond acceptors (Lipinski definition) is 3. The summed E-state index contributed by atoms with van der Waals surface area (Å²) in [6, 6.07) is 3.83. The number of thioether (sulfide) groups is 1. The molecule has 0 aliphatic rings. The maximum absolute atomic E-state index is 10.3. The van der Waals surface area contributed by atoms with Gasteiger partial charge in [0, 0.05) is 5.88 Å². The van der Waals surface area contributed by atoms with E-state index in [-0.39, 0.29) is 0 Å². The van der Waals surface area contributed by atoms with Gasteiger partial charge in [0.1, 0.15) is 0 Å². The van der Waals surface area contributed by atoms with Crippen molar-refractivity contribution in [2.45, 2.75) is 10.6 Å². The van der Waals surface area contributed by atoms with Crippen LogP contribution < -0.4 is 0 Å². The highest BCUT2D eigenvalue weighted by molar-refractivity contribution is 8.01. The van der Waals surface area contributed by atoms with Crippen LogP contribution in [0.2, 0.25) is 0 Å². The molecule has 0 aliphatic carbocycles. The van der Waals surface area contributed by atoms with Crippen molar-refractivity contribution in [2.75, 3.05) is 11.6 Å². The highest BCUT2D eigenvalue weighted by Crippen LogP contribution is 2.26. The van der Waals surface area contributed by atoms with E-state index in [0.29, 0.717) is 5.88 Å². The van der Waals surface area contributed by atoms with Crippen molar-refractivity contribution in [2.24, 2.45) is 0 Å². The molecule has 12 heavy (non-hydrogen) atoms. The van der Waals surface area contributed by atoms with Gasteiger partial charge in [0.05, 0.1) is 9.09 Å². The monoisotopic (exact) mass is 220 g/mol. The van der Waals surface area contributed by atoms with Crippen LogP contribution in [0.3, 0.4) is 0 Å². The first-order chi connectivity index (χ1) is 5.86. The molecule has 1 aromatic heterocycles. The number of carbonyl (C=O) groups excluding carboxylic acids is 1. The lowest BCUT2D eigenvalue weighted by Gasteiger charge is -1.93. The van der Waals surface area contributed by atoms with E-state index in [1.54, 1.807) is 11.8 Å². The molecule has 0 aromatic carbocycles. The molecule has 0 saturated carbocycles. The van der Waals surface area contributed by atoms with Crippen molar-refractivity contribution in [3.05, 3.63) is 17.0 Å². The Kier molecular flexibility index (Phi) is 4.73. The molecule has 4 heteroatoms. The van der Waals surface area contributed by atoms with Gasteiger partial charge in [0.25, 0.3) is 0 Å². The SMILES string of the molecule is O=Cc1ccc(SCCCCl)s1. The molecule has 1 rings (SSSR count). The molecule has 1 heterocycles. The van der Waals surface area contributed by atoms with E-state index >= 15 is 0 Å². The van der Waals surface area contributed by atoms with Crippen LogP contribution in [0, 0.1) is 0 Å². The van der Waals surface area contributed by atoms with Gasteiger partial charge in [0.15, 0.2) is 6.29 Å². The van der Waals surface area contributed by atoms with Crippen LogP contribution in [0.5, 0.6) is 0 Å². The van der Waals surface area contributed by atoms with Crippen LogP contribution in [0.1, 0.15) is 16.1 Å². The summed E-state index contributed by atoms with van der Waals surface area (Å²) in [7, 11) is 0. The molecule has 0 bridgehead atoms. The summed E-state index contributed by atoms with van der Waals surface area (Å²) in [6.45, 7) is 0. The highest BCUT2D eigenvalue weighted by atomic mass is 35.5. The van der Waals surface area contributed by atoms with E-state index in [9.17, 15) is 4.79 Å². The summed E-state index contributed by atoms with van der Waals surface area (Å²) < 4.78 is 1.20. The van der Waals surface area contributed by atoms with Gasteiger partial charge in [-0.1, -0.05) is 0 Å². The normalized spacial score (nSPS) is 10.1. The number of rotatable bonds is 5. The van der Waals surface area contributed by atoms with E-state index in [1.807, 2.05) is 12.1 Å². The fraction of sp³-hybridized carbons (Fsp3) is 0.375. The number of hydrogen-bond donors (Lipinski definition) is 0. The number of carbonyl (C=O) groups is 1. The minimum atomic E-state index is 0.707. The van der Waals surface area contributed by atoms with Gasteiger partial charge < -0.3 is 0 Å². The zero-order valence-corrected chi connectivity index (χ0v) is 8.85. The molecular formula is C8H9ClOS2. The van der Waals surface area contributed by atoms with Gasteiger partial charge >= 0.3 is 0 Å². The van der Waals surface area contributed by atoms with Gasteiger partial charge in [0.2, 0.25) is 0 Å². The number of halogens is 1. The molecule has 0 N–H and O–H groups in total. The second-order valence-electron chi connectivity index (χ2n) is 2.17. The molecular weight excluding hydrogens is 212 g/mol.